The molecule has 1 atom stereocenters. The molecule has 1 aliphatic heterocycles. The molecule has 21 heavy (non-hydrogen) atoms. The van der Waals surface area contributed by atoms with Gasteiger partial charge in [0.1, 0.15) is 0 Å². The van der Waals surface area contributed by atoms with E-state index in [1.165, 1.54) is 0 Å². The lowest BCUT2D eigenvalue weighted by Gasteiger charge is -2.26. The Kier molecular flexibility index (Phi) is 3.10. The van der Waals surface area contributed by atoms with Crippen LogP contribution in [-0.2, 0) is 4.74 Å². The number of ether oxygens (including phenoxy) is 1. The van der Waals surface area contributed by atoms with Crippen LogP contribution in [-0.4, -0.2) is 27.0 Å². The van der Waals surface area contributed by atoms with E-state index in [0.29, 0.717) is 5.56 Å². The van der Waals surface area contributed by atoms with Gasteiger partial charge in [-0.25, -0.2) is 0 Å². The molecule has 1 fully saturated rings. The highest BCUT2D eigenvalue weighted by molar-refractivity contribution is 6.01. The predicted octanol–water partition coefficient (Wildman–Crippen LogP) is 3.41. The maximum absolute atomic E-state index is 12.9. The van der Waals surface area contributed by atoms with Crippen LogP contribution in [0.3, 0.4) is 0 Å². The van der Waals surface area contributed by atoms with E-state index in [0.717, 1.165) is 17.5 Å². The standard InChI is InChI=1S/C17H20N2O2/c1-16(2)10-12(17(3,4)21-16)15(20)11-5-6-13-14(9-11)19-8-7-18-13/h5-9,12H,10H2,1-4H3. The zero-order valence-corrected chi connectivity index (χ0v) is 12.9. The van der Waals surface area contributed by atoms with Crippen molar-refractivity contribution in [3.05, 3.63) is 36.2 Å². The molecule has 110 valence electrons. The molecule has 4 nitrogen and oxygen atoms in total. The molecule has 1 unspecified atom stereocenters. The summed E-state index contributed by atoms with van der Waals surface area (Å²) in [6.07, 6.45) is 4.03. The summed E-state index contributed by atoms with van der Waals surface area (Å²) in [5.74, 6) is -0.0141. The normalized spacial score (nSPS) is 23.3. The molecule has 0 N–H and O–H groups in total. The van der Waals surface area contributed by atoms with Gasteiger partial charge in [0, 0.05) is 18.0 Å². The molecule has 3 rings (SSSR count). The molecule has 0 radical (unpaired) electrons. The summed E-state index contributed by atoms with van der Waals surface area (Å²) in [5, 5.41) is 0. The van der Waals surface area contributed by atoms with Crippen LogP contribution in [0, 0.1) is 5.92 Å². The molecule has 1 aliphatic rings. The molecule has 0 bridgehead atoms. The van der Waals surface area contributed by atoms with Crippen molar-refractivity contribution in [2.24, 2.45) is 5.92 Å². The quantitative estimate of drug-likeness (QED) is 0.793. The first-order valence-electron chi connectivity index (χ1n) is 7.24. The van der Waals surface area contributed by atoms with Gasteiger partial charge in [0.15, 0.2) is 5.78 Å². The minimum absolute atomic E-state index is 0.123. The zero-order chi connectivity index (χ0) is 15.3. The summed E-state index contributed by atoms with van der Waals surface area (Å²) in [5.41, 5.74) is 1.52. The van der Waals surface area contributed by atoms with Crippen molar-refractivity contribution < 1.29 is 9.53 Å². The number of fused-ring (bicyclic) bond motifs is 1. The van der Waals surface area contributed by atoms with Gasteiger partial charge in [-0.15, -0.1) is 0 Å². The summed E-state index contributed by atoms with van der Waals surface area (Å²) in [4.78, 5) is 21.4. The van der Waals surface area contributed by atoms with Gasteiger partial charge in [0.05, 0.1) is 28.2 Å². The molecule has 1 aromatic heterocycles. The molecule has 0 aliphatic carbocycles. The van der Waals surface area contributed by atoms with E-state index in [4.69, 9.17) is 4.74 Å². The maximum Gasteiger partial charge on any atom is 0.168 e. The Morgan fingerprint density at radius 1 is 1.14 bits per heavy atom. The third kappa shape index (κ3) is 2.56. The van der Waals surface area contributed by atoms with Crippen LogP contribution in [0.5, 0.6) is 0 Å². The summed E-state index contributed by atoms with van der Waals surface area (Å²) in [6, 6.07) is 5.51. The van der Waals surface area contributed by atoms with Gasteiger partial charge in [-0.3, -0.25) is 14.8 Å². The number of hydrogen-bond donors (Lipinski definition) is 0. The number of aromatic nitrogens is 2. The van der Waals surface area contributed by atoms with Crippen LogP contribution in [0.25, 0.3) is 11.0 Å². The van der Waals surface area contributed by atoms with Crippen molar-refractivity contribution in [3.8, 4) is 0 Å². The van der Waals surface area contributed by atoms with Gasteiger partial charge in [-0.1, -0.05) is 0 Å². The van der Waals surface area contributed by atoms with Crippen LogP contribution < -0.4 is 0 Å². The van der Waals surface area contributed by atoms with Crippen LogP contribution in [0.1, 0.15) is 44.5 Å². The molecule has 4 heteroatoms. The van der Waals surface area contributed by atoms with Crippen LogP contribution >= 0.6 is 0 Å². The highest BCUT2D eigenvalue weighted by Crippen LogP contribution is 2.43. The van der Waals surface area contributed by atoms with Crippen LogP contribution in [0.2, 0.25) is 0 Å². The maximum atomic E-state index is 12.9. The Morgan fingerprint density at radius 3 is 2.43 bits per heavy atom. The average molecular weight is 284 g/mol. The number of carbonyl (C=O) groups is 1. The first-order chi connectivity index (χ1) is 9.78. The predicted molar refractivity (Wildman–Crippen MR) is 81.2 cm³/mol. The summed E-state index contributed by atoms with van der Waals surface area (Å²) in [6.45, 7) is 8.05. The Balaban J connectivity index is 1.97. The molecule has 1 saturated heterocycles. The monoisotopic (exact) mass is 284 g/mol. The molecule has 0 amide bonds. The topological polar surface area (TPSA) is 52.1 Å². The van der Waals surface area contributed by atoms with E-state index in [2.05, 4.69) is 9.97 Å². The highest BCUT2D eigenvalue weighted by Gasteiger charge is 2.49. The van der Waals surface area contributed by atoms with Crippen molar-refractivity contribution >= 4 is 16.8 Å². The molecule has 1 aromatic carbocycles. The Labute approximate surface area is 124 Å². The fraction of sp³-hybridized carbons (Fsp3) is 0.471. The van der Waals surface area contributed by atoms with E-state index in [1.807, 2.05) is 45.9 Å². The zero-order valence-electron chi connectivity index (χ0n) is 12.9. The molecular formula is C17H20N2O2. The minimum Gasteiger partial charge on any atom is -0.369 e. The van der Waals surface area contributed by atoms with E-state index in [1.54, 1.807) is 12.4 Å². The van der Waals surface area contributed by atoms with Crippen molar-refractivity contribution in [2.75, 3.05) is 0 Å². The average Bonchev–Trinajstić information content (AvgIpc) is 2.65. The Hall–Kier alpha value is -1.81. The smallest absolute Gasteiger partial charge is 0.168 e. The number of nitrogens with zero attached hydrogens (tertiary/aromatic N) is 2. The second kappa shape index (κ2) is 4.60. The van der Waals surface area contributed by atoms with E-state index >= 15 is 0 Å². The fourth-order valence-corrected chi connectivity index (χ4v) is 3.29. The van der Waals surface area contributed by atoms with E-state index < -0.39 is 5.60 Å². The van der Waals surface area contributed by atoms with E-state index in [-0.39, 0.29) is 17.3 Å². The number of rotatable bonds is 2. The number of carbonyl (C=O) groups excluding carboxylic acids is 1. The van der Waals surface area contributed by atoms with E-state index in [9.17, 15) is 4.79 Å². The van der Waals surface area contributed by atoms with Crippen molar-refractivity contribution in [2.45, 2.75) is 45.3 Å². The van der Waals surface area contributed by atoms with Crippen molar-refractivity contribution in [3.63, 3.8) is 0 Å². The van der Waals surface area contributed by atoms with Gasteiger partial charge in [-0.05, 0) is 52.3 Å². The molecule has 2 aromatic rings. The summed E-state index contributed by atoms with van der Waals surface area (Å²) >= 11 is 0. The Morgan fingerprint density at radius 2 is 1.81 bits per heavy atom. The van der Waals surface area contributed by atoms with Crippen molar-refractivity contribution in [1.29, 1.82) is 0 Å². The second-order valence-electron chi connectivity index (χ2n) is 6.85. The van der Waals surface area contributed by atoms with Crippen molar-refractivity contribution in [1.82, 2.24) is 9.97 Å². The van der Waals surface area contributed by atoms with Gasteiger partial charge >= 0.3 is 0 Å². The Bertz CT molecular complexity index is 707. The first kappa shape index (κ1) is 14.1. The number of Topliss-reactive ketones (excluding diaryl/α,β-unsaturated/α-hetero) is 1. The van der Waals surface area contributed by atoms with Crippen LogP contribution in [0.15, 0.2) is 30.6 Å². The third-order valence-electron chi connectivity index (χ3n) is 4.14. The lowest BCUT2D eigenvalue weighted by atomic mass is 9.81. The molecule has 2 heterocycles. The first-order valence-corrected chi connectivity index (χ1v) is 7.24. The molecular weight excluding hydrogens is 264 g/mol. The molecule has 0 spiro atoms. The lowest BCUT2D eigenvalue weighted by Crippen LogP contribution is -2.33. The van der Waals surface area contributed by atoms with Gasteiger partial charge in [0.25, 0.3) is 0 Å². The number of hydrogen-bond acceptors (Lipinski definition) is 4. The summed E-state index contributed by atoms with van der Waals surface area (Å²) in [7, 11) is 0. The highest BCUT2D eigenvalue weighted by atomic mass is 16.5. The SMILES string of the molecule is CC1(C)CC(C(=O)c2ccc3nccnc3c2)C(C)(C)O1. The number of benzene rings is 1. The van der Waals surface area contributed by atoms with Gasteiger partial charge in [-0.2, -0.15) is 0 Å². The second-order valence-corrected chi connectivity index (χ2v) is 6.85. The van der Waals surface area contributed by atoms with Gasteiger partial charge < -0.3 is 4.74 Å². The van der Waals surface area contributed by atoms with Crippen LogP contribution in [0.4, 0.5) is 0 Å². The fourth-order valence-electron chi connectivity index (χ4n) is 3.29. The van der Waals surface area contributed by atoms with Gasteiger partial charge in [0.2, 0.25) is 0 Å². The molecule has 0 saturated carbocycles. The minimum atomic E-state index is -0.447. The summed E-state index contributed by atoms with van der Waals surface area (Å²) < 4.78 is 6.03. The largest absolute Gasteiger partial charge is 0.369 e. The number of ketones is 1. The lowest BCUT2D eigenvalue weighted by molar-refractivity contribution is -0.0712. The third-order valence-corrected chi connectivity index (χ3v) is 4.14.